The van der Waals surface area contributed by atoms with Crippen LogP contribution in [0.3, 0.4) is 0 Å². The fourth-order valence-corrected chi connectivity index (χ4v) is 5.06. The molecule has 1 aliphatic carbocycles. The van der Waals surface area contributed by atoms with Gasteiger partial charge in [0.1, 0.15) is 24.4 Å². The lowest BCUT2D eigenvalue weighted by atomic mass is 9.92. The molecule has 0 atom stereocenters. The van der Waals surface area contributed by atoms with Crippen LogP contribution in [-0.4, -0.2) is 48.7 Å². The van der Waals surface area contributed by atoms with E-state index in [0.29, 0.717) is 4.68 Å². The van der Waals surface area contributed by atoms with Crippen molar-refractivity contribution >= 4 is 22.7 Å². The van der Waals surface area contributed by atoms with E-state index < -0.39 is 30.4 Å². The van der Waals surface area contributed by atoms with Crippen molar-refractivity contribution < 1.29 is 17.6 Å². The highest BCUT2D eigenvalue weighted by molar-refractivity contribution is 5.77. The van der Waals surface area contributed by atoms with Crippen molar-refractivity contribution in [2.24, 2.45) is 0 Å². The van der Waals surface area contributed by atoms with Crippen molar-refractivity contribution in [1.82, 2.24) is 34.6 Å². The number of benzene rings is 1. The Balaban J connectivity index is 1.45. The summed E-state index contributed by atoms with van der Waals surface area (Å²) in [5.74, 6) is 0.145. The van der Waals surface area contributed by atoms with Crippen molar-refractivity contribution in [1.29, 1.82) is 0 Å². The summed E-state index contributed by atoms with van der Waals surface area (Å²) in [6.45, 7) is 1.68. The molecular formula is C26H26F4N8O. The van der Waals surface area contributed by atoms with E-state index in [1.54, 1.807) is 13.8 Å². The Hall–Kier alpha value is -3.87. The third-order valence-corrected chi connectivity index (χ3v) is 7.29. The quantitative estimate of drug-likeness (QED) is 0.354. The Morgan fingerprint density at radius 2 is 1.92 bits per heavy atom. The minimum Gasteiger partial charge on any atom is -0.324 e. The van der Waals surface area contributed by atoms with Crippen LogP contribution in [0, 0.1) is 0 Å². The molecule has 0 bridgehead atoms. The molecule has 0 saturated heterocycles. The van der Waals surface area contributed by atoms with Crippen LogP contribution < -0.4 is 16.2 Å². The summed E-state index contributed by atoms with van der Waals surface area (Å²) in [5, 5.41) is 6.60. The number of hydrogen-bond donors (Lipinski definition) is 2. The predicted octanol–water partition coefficient (Wildman–Crippen LogP) is 4.06. The molecule has 9 nitrogen and oxygen atoms in total. The number of nitrogens with zero attached hydrogens (tertiary/aromatic N) is 6. The van der Waals surface area contributed by atoms with E-state index in [1.165, 1.54) is 29.6 Å². The van der Waals surface area contributed by atoms with Crippen LogP contribution in [0.1, 0.15) is 43.6 Å². The number of fused-ring (bicyclic) bond motifs is 3. The highest BCUT2D eigenvalue weighted by atomic mass is 19.4. The van der Waals surface area contributed by atoms with Gasteiger partial charge in [-0.25, -0.2) is 24.3 Å². The molecule has 2 N–H and O–H groups in total. The number of nitrogens with one attached hydrogen (secondary N) is 2. The van der Waals surface area contributed by atoms with Gasteiger partial charge in [0.15, 0.2) is 11.5 Å². The average molecular weight is 543 g/mol. The Labute approximate surface area is 220 Å². The van der Waals surface area contributed by atoms with Gasteiger partial charge in [-0.1, -0.05) is 19.9 Å². The topological polar surface area (TPSA) is 103 Å². The average Bonchev–Trinajstić information content (AvgIpc) is 3.62. The molecule has 1 aliphatic heterocycles. The molecule has 204 valence electrons. The van der Waals surface area contributed by atoms with Crippen LogP contribution in [0.4, 0.5) is 29.2 Å². The van der Waals surface area contributed by atoms with Crippen LogP contribution in [0.5, 0.6) is 0 Å². The summed E-state index contributed by atoms with van der Waals surface area (Å²) in [7, 11) is 0. The van der Waals surface area contributed by atoms with Crippen molar-refractivity contribution in [3.05, 3.63) is 64.0 Å². The van der Waals surface area contributed by atoms with E-state index in [4.69, 9.17) is 0 Å². The summed E-state index contributed by atoms with van der Waals surface area (Å²) in [5.41, 5.74) is 1.23. The van der Waals surface area contributed by atoms with Crippen LogP contribution in [0.15, 0.2) is 41.5 Å². The van der Waals surface area contributed by atoms with Crippen molar-refractivity contribution in [3.8, 4) is 5.82 Å². The Kier molecular flexibility index (Phi) is 5.75. The molecule has 0 radical (unpaired) electrons. The van der Waals surface area contributed by atoms with Crippen LogP contribution in [0.2, 0.25) is 0 Å². The molecule has 13 heteroatoms. The smallest absolute Gasteiger partial charge is 0.324 e. The number of halogens is 4. The molecule has 0 amide bonds. The second-order valence-corrected chi connectivity index (χ2v) is 10.7. The fourth-order valence-electron chi connectivity index (χ4n) is 5.06. The maximum atomic E-state index is 13.6. The van der Waals surface area contributed by atoms with Gasteiger partial charge in [0.2, 0.25) is 5.95 Å². The Morgan fingerprint density at radius 1 is 1.13 bits per heavy atom. The lowest BCUT2D eigenvalue weighted by Crippen LogP contribution is -2.36. The number of aromatic nitrogens is 6. The van der Waals surface area contributed by atoms with Gasteiger partial charge in [-0.2, -0.15) is 18.2 Å². The first-order chi connectivity index (χ1) is 18.5. The highest BCUT2D eigenvalue weighted by Gasteiger charge is 2.46. The lowest BCUT2D eigenvalue weighted by molar-refractivity contribution is -0.144. The van der Waals surface area contributed by atoms with E-state index >= 15 is 0 Å². The zero-order valence-electron chi connectivity index (χ0n) is 21.3. The third kappa shape index (κ3) is 4.54. The zero-order valence-corrected chi connectivity index (χ0v) is 21.3. The Bertz CT molecular complexity index is 1640. The second-order valence-electron chi connectivity index (χ2n) is 10.7. The standard InChI is InChI=1S/C26H26F4N8O/c1-24(2,13-27)22-31-9-6-19(35-22)38-20-17(21(39)37(38)14-26(28,29)30)12-32-23(36-20)34-16-3-4-18-15(11-16)5-10-33-25(18)7-8-25/h3-4,6,9,11-12,33H,5,7-8,10,13-14H2,1-2H3,(H,32,34,36). The van der Waals surface area contributed by atoms with Gasteiger partial charge in [-0.3, -0.25) is 9.18 Å². The van der Waals surface area contributed by atoms with Crippen LogP contribution >= 0.6 is 0 Å². The van der Waals surface area contributed by atoms with Gasteiger partial charge in [0, 0.05) is 36.2 Å². The van der Waals surface area contributed by atoms with Crippen molar-refractivity contribution in [2.45, 2.75) is 56.8 Å². The van der Waals surface area contributed by atoms with Gasteiger partial charge in [0.25, 0.3) is 5.56 Å². The van der Waals surface area contributed by atoms with E-state index in [2.05, 4.69) is 36.6 Å². The first-order valence-corrected chi connectivity index (χ1v) is 12.6. The predicted molar refractivity (Wildman–Crippen MR) is 136 cm³/mol. The number of anilines is 2. The first-order valence-electron chi connectivity index (χ1n) is 12.6. The van der Waals surface area contributed by atoms with Gasteiger partial charge in [-0.05, 0) is 42.5 Å². The van der Waals surface area contributed by atoms with E-state index in [9.17, 15) is 22.4 Å². The van der Waals surface area contributed by atoms with E-state index in [-0.39, 0.29) is 34.2 Å². The molecule has 2 aliphatic rings. The van der Waals surface area contributed by atoms with Crippen LogP contribution in [0.25, 0.3) is 16.9 Å². The normalized spacial score (nSPS) is 16.5. The summed E-state index contributed by atoms with van der Waals surface area (Å²) < 4.78 is 55.7. The molecular weight excluding hydrogens is 516 g/mol. The third-order valence-electron chi connectivity index (χ3n) is 7.29. The molecule has 4 heterocycles. The monoisotopic (exact) mass is 542 g/mol. The largest absolute Gasteiger partial charge is 0.408 e. The highest BCUT2D eigenvalue weighted by Crippen LogP contribution is 2.49. The second kappa shape index (κ2) is 8.83. The molecule has 1 saturated carbocycles. The van der Waals surface area contributed by atoms with Crippen molar-refractivity contribution in [3.63, 3.8) is 0 Å². The molecule has 3 aromatic heterocycles. The summed E-state index contributed by atoms with van der Waals surface area (Å²) >= 11 is 0. The van der Waals surface area contributed by atoms with Gasteiger partial charge in [-0.15, -0.1) is 0 Å². The van der Waals surface area contributed by atoms with Gasteiger partial charge >= 0.3 is 6.18 Å². The maximum absolute atomic E-state index is 13.6. The zero-order chi connectivity index (χ0) is 27.6. The molecule has 4 aromatic rings. The maximum Gasteiger partial charge on any atom is 0.408 e. The van der Waals surface area contributed by atoms with Gasteiger partial charge < -0.3 is 10.6 Å². The number of alkyl halides is 4. The molecule has 6 rings (SSSR count). The molecule has 0 unspecified atom stereocenters. The van der Waals surface area contributed by atoms with Crippen molar-refractivity contribution in [2.75, 3.05) is 18.5 Å². The molecule has 1 aromatic carbocycles. The summed E-state index contributed by atoms with van der Waals surface area (Å²) in [6, 6.07) is 7.36. The van der Waals surface area contributed by atoms with Crippen LogP contribution in [-0.2, 0) is 23.9 Å². The van der Waals surface area contributed by atoms with E-state index in [1.807, 2.05) is 12.1 Å². The minimum atomic E-state index is -4.70. The molecule has 39 heavy (non-hydrogen) atoms. The SMILES string of the molecule is CC(C)(CF)c1nccc(-n2c3nc(Nc4ccc5c(c4)CCNC54CC4)ncc3c(=O)n2CC(F)(F)F)n1. The summed E-state index contributed by atoms with van der Waals surface area (Å²) in [6.07, 6.45) is 0.898. The lowest BCUT2D eigenvalue weighted by Gasteiger charge is -2.27. The first kappa shape index (κ1) is 25.4. The van der Waals surface area contributed by atoms with E-state index in [0.717, 1.165) is 36.2 Å². The number of rotatable bonds is 6. The van der Waals surface area contributed by atoms with Gasteiger partial charge in [0.05, 0.1) is 5.41 Å². The molecule has 1 spiro atoms. The Morgan fingerprint density at radius 3 is 2.64 bits per heavy atom. The number of hydrogen-bond acceptors (Lipinski definition) is 7. The summed E-state index contributed by atoms with van der Waals surface area (Å²) in [4.78, 5) is 30.1. The fraction of sp³-hybridized carbons (Fsp3) is 0.423. The molecule has 1 fully saturated rings. The minimum absolute atomic E-state index is 0.0430.